The van der Waals surface area contributed by atoms with Crippen LogP contribution >= 0.6 is 0 Å². The van der Waals surface area contributed by atoms with Crippen LogP contribution in [0.2, 0.25) is 0 Å². The van der Waals surface area contributed by atoms with E-state index in [-0.39, 0.29) is 18.6 Å². The maximum atomic E-state index is 12.9. The molecule has 1 aromatic carbocycles. The molecule has 0 saturated heterocycles. The van der Waals surface area contributed by atoms with Crippen molar-refractivity contribution in [3.63, 3.8) is 0 Å². The monoisotopic (exact) mass is 349 g/mol. The molecular formula is C21H23N3O2. The summed E-state index contributed by atoms with van der Waals surface area (Å²) in [6.07, 6.45) is 4.01. The van der Waals surface area contributed by atoms with Gasteiger partial charge >= 0.3 is 0 Å². The number of nitrogens with zero attached hydrogens (tertiary/aromatic N) is 1. The van der Waals surface area contributed by atoms with Crippen molar-refractivity contribution in [2.75, 3.05) is 0 Å². The molecule has 1 fully saturated rings. The van der Waals surface area contributed by atoms with E-state index in [1.165, 1.54) is 0 Å². The van der Waals surface area contributed by atoms with Crippen LogP contribution in [0.3, 0.4) is 0 Å². The Hall–Kier alpha value is -2.66. The van der Waals surface area contributed by atoms with E-state index < -0.39 is 0 Å². The molecule has 3 N–H and O–H groups in total. The summed E-state index contributed by atoms with van der Waals surface area (Å²) in [7, 11) is 0. The highest BCUT2D eigenvalue weighted by atomic mass is 16.3. The van der Waals surface area contributed by atoms with E-state index in [4.69, 9.17) is 0 Å². The molecule has 1 aliphatic carbocycles. The summed E-state index contributed by atoms with van der Waals surface area (Å²) in [6.45, 7) is 3.98. The highest BCUT2D eigenvalue weighted by molar-refractivity contribution is 5.99. The Balaban J connectivity index is 1.66. The van der Waals surface area contributed by atoms with Gasteiger partial charge in [-0.15, -0.1) is 0 Å². The third-order valence-corrected chi connectivity index (χ3v) is 5.23. The zero-order chi connectivity index (χ0) is 18.3. The van der Waals surface area contributed by atoms with Crippen LogP contribution in [-0.4, -0.2) is 21.0 Å². The van der Waals surface area contributed by atoms with Gasteiger partial charge < -0.3 is 15.4 Å². The Morgan fingerprint density at radius 3 is 2.81 bits per heavy atom. The van der Waals surface area contributed by atoms with Crippen LogP contribution in [0.15, 0.2) is 36.5 Å². The average Bonchev–Trinajstić information content (AvgIpc) is 3.38. The molecule has 1 aliphatic rings. The van der Waals surface area contributed by atoms with Crippen LogP contribution in [0.5, 0.6) is 0 Å². The fourth-order valence-corrected chi connectivity index (χ4v) is 3.56. The minimum atomic E-state index is -0.133. The van der Waals surface area contributed by atoms with E-state index in [2.05, 4.69) is 15.3 Å². The summed E-state index contributed by atoms with van der Waals surface area (Å²) in [6, 6.07) is 9.57. The Morgan fingerprint density at radius 2 is 2.12 bits per heavy atom. The van der Waals surface area contributed by atoms with Gasteiger partial charge in [0, 0.05) is 17.1 Å². The number of hydrogen-bond acceptors (Lipinski definition) is 3. The molecule has 134 valence electrons. The normalized spacial score (nSPS) is 15.2. The lowest BCUT2D eigenvalue weighted by Crippen LogP contribution is -2.31. The largest absolute Gasteiger partial charge is 0.392 e. The van der Waals surface area contributed by atoms with Crippen molar-refractivity contribution in [2.45, 2.75) is 39.3 Å². The van der Waals surface area contributed by atoms with Crippen molar-refractivity contribution in [1.29, 1.82) is 0 Å². The number of nitrogens with one attached hydrogen (secondary N) is 2. The SMILES string of the molecule is Cc1cccnc1C(NC(=O)c1cc2c(CO)ccc(C)c2[nH]1)C1CC1. The van der Waals surface area contributed by atoms with E-state index in [9.17, 15) is 9.90 Å². The zero-order valence-electron chi connectivity index (χ0n) is 15.0. The molecular weight excluding hydrogens is 326 g/mol. The van der Waals surface area contributed by atoms with E-state index in [1.807, 2.05) is 44.2 Å². The molecule has 0 bridgehead atoms. The molecule has 4 rings (SSSR count). The van der Waals surface area contributed by atoms with Gasteiger partial charge in [-0.1, -0.05) is 18.2 Å². The molecule has 2 aromatic heterocycles. The smallest absolute Gasteiger partial charge is 0.268 e. The maximum Gasteiger partial charge on any atom is 0.268 e. The van der Waals surface area contributed by atoms with Gasteiger partial charge in [0.2, 0.25) is 0 Å². The lowest BCUT2D eigenvalue weighted by atomic mass is 10.0. The number of aromatic nitrogens is 2. The van der Waals surface area contributed by atoms with Crippen molar-refractivity contribution in [3.05, 3.63) is 64.6 Å². The topological polar surface area (TPSA) is 78.0 Å². The minimum Gasteiger partial charge on any atom is -0.392 e. The Bertz CT molecular complexity index is 973. The van der Waals surface area contributed by atoms with E-state index in [0.29, 0.717) is 11.6 Å². The number of fused-ring (bicyclic) bond motifs is 1. The summed E-state index contributed by atoms with van der Waals surface area (Å²) in [5.41, 5.74) is 5.34. The Labute approximate surface area is 152 Å². The quantitative estimate of drug-likeness (QED) is 0.659. The average molecular weight is 349 g/mol. The molecule has 26 heavy (non-hydrogen) atoms. The van der Waals surface area contributed by atoms with Crippen molar-refractivity contribution in [2.24, 2.45) is 5.92 Å². The predicted molar refractivity (Wildman–Crippen MR) is 101 cm³/mol. The first-order valence-electron chi connectivity index (χ1n) is 9.03. The number of amides is 1. The van der Waals surface area contributed by atoms with Gasteiger partial charge in [-0.25, -0.2) is 0 Å². The number of hydrogen-bond donors (Lipinski definition) is 3. The highest BCUT2D eigenvalue weighted by Crippen LogP contribution is 2.41. The second-order valence-electron chi connectivity index (χ2n) is 7.17. The molecule has 0 radical (unpaired) electrons. The first-order chi connectivity index (χ1) is 12.6. The number of carbonyl (C=O) groups is 1. The van der Waals surface area contributed by atoms with Crippen LogP contribution in [-0.2, 0) is 6.61 Å². The maximum absolute atomic E-state index is 12.9. The molecule has 5 heteroatoms. The summed E-state index contributed by atoms with van der Waals surface area (Å²) in [4.78, 5) is 20.7. The zero-order valence-corrected chi connectivity index (χ0v) is 15.0. The molecule has 1 atom stereocenters. The lowest BCUT2D eigenvalue weighted by molar-refractivity contribution is 0.0926. The predicted octanol–water partition coefficient (Wildman–Crippen LogP) is 3.55. The number of aliphatic hydroxyl groups excluding tert-OH is 1. The van der Waals surface area contributed by atoms with Gasteiger partial charge in [-0.05, 0) is 61.4 Å². The molecule has 1 amide bonds. The highest BCUT2D eigenvalue weighted by Gasteiger charge is 2.35. The standard InChI is InChI=1S/C21H23N3O2/c1-12-4-3-9-22-19(12)20(14-7-8-14)24-21(26)17-10-16-15(11-25)6-5-13(2)18(16)23-17/h3-6,9-10,14,20,23,25H,7-8,11H2,1-2H3,(H,24,26). The number of aryl methyl sites for hydroxylation is 2. The summed E-state index contributed by atoms with van der Waals surface area (Å²) in [5.74, 6) is 0.318. The molecule has 2 heterocycles. The van der Waals surface area contributed by atoms with Crippen molar-refractivity contribution < 1.29 is 9.90 Å². The van der Waals surface area contributed by atoms with Gasteiger partial charge in [0.05, 0.1) is 18.3 Å². The van der Waals surface area contributed by atoms with Crippen LogP contribution < -0.4 is 5.32 Å². The van der Waals surface area contributed by atoms with Crippen molar-refractivity contribution in [3.8, 4) is 0 Å². The fourth-order valence-electron chi connectivity index (χ4n) is 3.56. The Morgan fingerprint density at radius 1 is 1.31 bits per heavy atom. The second kappa shape index (κ2) is 6.57. The minimum absolute atomic E-state index is 0.0481. The number of aromatic amines is 1. The van der Waals surface area contributed by atoms with E-state index >= 15 is 0 Å². The summed E-state index contributed by atoms with van der Waals surface area (Å²) < 4.78 is 0. The molecule has 0 spiro atoms. The number of pyridine rings is 1. The van der Waals surface area contributed by atoms with Crippen LogP contribution in [0.1, 0.15) is 51.8 Å². The van der Waals surface area contributed by atoms with Crippen molar-refractivity contribution >= 4 is 16.8 Å². The number of benzene rings is 1. The third kappa shape index (κ3) is 2.99. The molecule has 5 nitrogen and oxygen atoms in total. The fraction of sp³-hybridized carbons (Fsp3) is 0.333. The van der Waals surface area contributed by atoms with Gasteiger partial charge in [-0.2, -0.15) is 0 Å². The van der Waals surface area contributed by atoms with Gasteiger partial charge in [0.1, 0.15) is 5.69 Å². The number of H-pyrrole nitrogens is 1. The summed E-state index contributed by atoms with van der Waals surface area (Å²) >= 11 is 0. The Kier molecular flexibility index (Phi) is 4.24. The van der Waals surface area contributed by atoms with Gasteiger partial charge in [0.25, 0.3) is 5.91 Å². The van der Waals surface area contributed by atoms with Gasteiger partial charge in [0.15, 0.2) is 0 Å². The number of aliphatic hydroxyl groups is 1. The number of rotatable bonds is 5. The van der Waals surface area contributed by atoms with E-state index in [1.54, 1.807) is 6.20 Å². The second-order valence-corrected chi connectivity index (χ2v) is 7.17. The van der Waals surface area contributed by atoms with Gasteiger partial charge in [-0.3, -0.25) is 9.78 Å². The van der Waals surface area contributed by atoms with E-state index in [0.717, 1.165) is 46.1 Å². The molecule has 3 aromatic rings. The van der Waals surface area contributed by atoms with Crippen LogP contribution in [0.25, 0.3) is 10.9 Å². The van der Waals surface area contributed by atoms with Crippen LogP contribution in [0, 0.1) is 19.8 Å². The third-order valence-electron chi connectivity index (χ3n) is 5.23. The molecule has 0 aliphatic heterocycles. The number of carbonyl (C=O) groups excluding carboxylic acids is 1. The molecule has 1 saturated carbocycles. The first-order valence-corrected chi connectivity index (χ1v) is 9.03. The first kappa shape index (κ1) is 16.8. The molecule has 1 unspecified atom stereocenters. The van der Waals surface area contributed by atoms with Crippen molar-refractivity contribution in [1.82, 2.24) is 15.3 Å². The van der Waals surface area contributed by atoms with Crippen LogP contribution in [0.4, 0.5) is 0 Å². The summed E-state index contributed by atoms with van der Waals surface area (Å²) in [5, 5.41) is 13.6. The lowest BCUT2D eigenvalue weighted by Gasteiger charge is -2.19.